The Morgan fingerprint density at radius 1 is 1.11 bits per heavy atom. The van der Waals surface area contributed by atoms with Gasteiger partial charge in [0.05, 0.1) is 0 Å². The molecule has 0 spiro atoms. The van der Waals surface area contributed by atoms with E-state index in [1.54, 1.807) is 0 Å². The SMILES string of the molecule is CN1CCC(CNC(=O)C2CCC(CN)CC2)CC1. The summed E-state index contributed by atoms with van der Waals surface area (Å²) in [6.07, 6.45) is 6.75. The predicted octanol–water partition coefficient (Wildman–Crippen LogP) is 1.21. The van der Waals surface area contributed by atoms with Gasteiger partial charge in [0.2, 0.25) is 5.91 Å². The lowest BCUT2D eigenvalue weighted by atomic mass is 9.81. The minimum Gasteiger partial charge on any atom is -0.356 e. The summed E-state index contributed by atoms with van der Waals surface area (Å²) in [5.41, 5.74) is 5.69. The van der Waals surface area contributed by atoms with Crippen molar-refractivity contribution in [2.24, 2.45) is 23.5 Å². The second-order valence-electron chi connectivity index (χ2n) is 6.45. The Kier molecular flexibility index (Phi) is 5.64. The van der Waals surface area contributed by atoms with E-state index < -0.39 is 0 Å². The van der Waals surface area contributed by atoms with Crippen LogP contribution in [0.15, 0.2) is 0 Å². The molecule has 2 aliphatic rings. The molecule has 0 radical (unpaired) electrons. The molecule has 1 amide bonds. The second-order valence-corrected chi connectivity index (χ2v) is 6.45. The molecule has 19 heavy (non-hydrogen) atoms. The number of nitrogens with zero attached hydrogens (tertiary/aromatic N) is 1. The van der Waals surface area contributed by atoms with Gasteiger partial charge in [0.1, 0.15) is 0 Å². The highest BCUT2D eigenvalue weighted by molar-refractivity contribution is 5.78. The van der Waals surface area contributed by atoms with Gasteiger partial charge in [0.25, 0.3) is 0 Å². The van der Waals surface area contributed by atoms with Crippen LogP contribution in [0.5, 0.6) is 0 Å². The Morgan fingerprint density at radius 3 is 2.32 bits per heavy atom. The third kappa shape index (κ3) is 4.46. The van der Waals surface area contributed by atoms with Gasteiger partial charge in [0.15, 0.2) is 0 Å². The summed E-state index contributed by atoms with van der Waals surface area (Å²) in [6, 6.07) is 0. The molecule has 0 aromatic rings. The van der Waals surface area contributed by atoms with Crippen LogP contribution >= 0.6 is 0 Å². The van der Waals surface area contributed by atoms with Gasteiger partial charge in [-0.25, -0.2) is 0 Å². The van der Waals surface area contributed by atoms with E-state index in [4.69, 9.17) is 5.73 Å². The van der Waals surface area contributed by atoms with Crippen LogP contribution in [0.2, 0.25) is 0 Å². The molecule has 0 unspecified atom stereocenters. The number of carbonyl (C=O) groups is 1. The molecule has 0 aromatic carbocycles. The zero-order valence-electron chi connectivity index (χ0n) is 12.2. The van der Waals surface area contributed by atoms with Gasteiger partial charge in [-0.3, -0.25) is 4.79 Å². The lowest BCUT2D eigenvalue weighted by Gasteiger charge is -2.30. The lowest BCUT2D eigenvalue weighted by Crippen LogP contribution is -2.40. The molecule has 2 fully saturated rings. The summed E-state index contributed by atoms with van der Waals surface area (Å²) in [6.45, 7) is 4.00. The van der Waals surface area contributed by atoms with E-state index in [1.807, 2.05) is 0 Å². The first-order valence-corrected chi connectivity index (χ1v) is 7.85. The fourth-order valence-electron chi connectivity index (χ4n) is 3.32. The molecule has 110 valence electrons. The molecule has 4 heteroatoms. The molecule has 0 atom stereocenters. The minimum absolute atomic E-state index is 0.245. The Morgan fingerprint density at radius 2 is 1.74 bits per heavy atom. The van der Waals surface area contributed by atoms with Gasteiger partial charge < -0.3 is 16.0 Å². The molecule has 3 N–H and O–H groups in total. The van der Waals surface area contributed by atoms with Crippen LogP contribution in [0, 0.1) is 17.8 Å². The first kappa shape index (κ1) is 14.8. The van der Waals surface area contributed by atoms with Crippen LogP contribution in [-0.4, -0.2) is 44.0 Å². The van der Waals surface area contributed by atoms with Crippen LogP contribution in [0.1, 0.15) is 38.5 Å². The van der Waals surface area contributed by atoms with Crippen molar-refractivity contribution in [2.45, 2.75) is 38.5 Å². The molecule has 1 aliphatic heterocycles. The molecule has 0 bridgehead atoms. The topological polar surface area (TPSA) is 58.4 Å². The highest BCUT2D eigenvalue weighted by Gasteiger charge is 2.26. The van der Waals surface area contributed by atoms with Gasteiger partial charge in [0, 0.05) is 12.5 Å². The summed E-state index contributed by atoms with van der Waals surface area (Å²) in [5, 5.41) is 3.18. The smallest absolute Gasteiger partial charge is 0.223 e. The molecule has 0 aromatic heterocycles. The Balaban J connectivity index is 1.64. The molecule has 1 heterocycles. The first-order valence-electron chi connectivity index (χ1n) is 7.85. The van der Waals surface area contributed by atoms with Gasteiger partial charge in [-0.15, -0.1) is 0 Å². The summed E-state index contributed by atoms with van der Waals surface area (Å²) in [5.74, 6) is 1.86. The second kappa shape index (κ2) is 7.25. The first-order chi connectivity index (χ1) is 9.19. The molecule has 4 nitrogen and oxygen atoms in total. The number of hydrogen-bond acceptors (Lipinski definition) is 3. The van der Waals surface area contributed by atoms with Gasteiger partial charge in [-0.2, -0.15) is 0 Å². The summed E-state index contributed by atoms with van der Waals surface area (Å²) < 4.78 is 0. The summed E-state index contributed by atoms with van der Waals surface area (Å²) >= 11 is 0. The van der Waals surface area contributed by atoms with Crippen molar-refractivity contribution in [3.8, 4) is 0 Å². The zero-order valence-corrected chi connectivity index (χ0v) is 12.2. The number of nitrogens with one attached hydrogen (secondary N) is 1. The van der Waals surface area contributed by atoms with Crippen molar-refractivity contribution in [1.29, 1.82) is 0 Å². The van der Waals surface area contributed by atoms with Crippen LogP contribution < -0.4 is 11.1 Å². The van der Waals surface area contributed by atoms with Crippen LogP contribution in [0.4, 0.5) is 0 Å². The quantitative estimate of drug-likeness (QED) is 0.805. The Labute approximate surface area is 117 Å². The number of rotatable bonds is 4. The largest absolute Gasteiger partial charge is 0.356 e. The van der Waals surface area contributed by atoms with Crippen LogP contribution in [0.3, 0.4) is 0 Å². The van der Waals surface area contributed by atoms with E-state index in [9.17, 15) is 4.79 Å². The third-order valence-electron chi connectivity index (χ3n) is 4.95. The number of likely N-dealkylation sites (tertiary alicyclic amines) is 1. The maximum Gasteiger partial charge on any atom is 0.223 e. The maximum atomic E-state index is 12.1. The molecule has 2 rings (SSSR count). The van der Waals surface area contributed by atoms with Crippen molar-refractivity contribution in [3.05, 3.63) is 0 Å². The van der Waals surface area contributed by atoms with E-state index in [1.165, 1.54) is 25.9 Å². The van der Waals surface area contributed by atoms with Gasteiger partial charge in [-0.05, 0) is 77.0 Å². The van der Waals surface area contributed by atoms with E-state index >= 15 is 0 Å². The normalized spacial score (nSPS) is 30.2. The Hall–Kier alpha value is -0.610. The average Bonchev–Trinajstić information content (AvgIpc) is 2.46. The number of nitrogens with two attached hydrogens (primary N) is 1. The predicted molar refractivity (Wildman–Crippen MR) is 77.7 cm³/mol. The van der Waals surface area contributed by atoms with Crippen molar-refractivity contribution in [3.63, 3.8) is 0 Å². The lowest BCUT2D eigenvalue weighted by molar-refractivity contribution is -0.126. The standard InChI is InChI=1S/C15H29N3O/c1-18-8-6-13(7-9-18)11-17-15(19)14-4-2-12(10-16)3-5-14/h12-14H,2-11,16H2,1H3,(H,17,19). The molecule has 1 aliphatic carbocycles. The molecule has 1 saturated carbocycles. The van der Waals surface area contributed by atoms with Gasteiger partial charge in [-0.1, -0.05) is 0 Å². The van der Waals surface area contributed by atoms with Crippen molar-refractivity contribution < 1.29 is 4.79 Å². The van der Waals surface area contributed by atoms with E-state index in [-0.39, 0.29) is 11.8 Å². The Bertz CT molecular complexity index is 279. The molecular formula is C15H29N3O. The minimum atomic E-state index is 0.245. The zero-order chi connectivity index (χ0) is 13.7. The van der Waals surface area contributed by atoms with Crippen molar-refractivity contribution in [1.82, 2.24) is 10.2 Å². The number of piperidine rings is 1. The average molecular weight is 267 g/mol. The van der Waals surface area contributed by atoms with Crippen molar-refractivity contribution >= 4 is 5.91 Å². The van der Waals surface area contributed by atoms with E-state index in [0.29, 0.717) is 11.8 Å². The van der Waals surface area contributed by atoms with E-state index in [0.717, 1.165) is 38.8 Å². The van der Waals surface area contributed by atoms with Crippen LogP contribution in [-0.2, 0) is 4.79 Å². The fraction of sp³-hybridized carbons (Fsp3) is 0.933. The number of amides is 1. The maximum absolute atomic E-state index is 12.1. The third-order valence-corrected chi connectivity index (χ3v) is 4.95. The van der Waals surface area contributed by atoms with Gasteiger partial charge >= 0.3 is 0 Å². The molecular weight excluding hydrogens is 238 g/mol. The highest BCUT2D eigenvalue weighted by Crippen LogP contribution is 2.28. The number of carbonyl (C=O) groups excluding carboxylic acids is 1. The fourth-order valence-corrected chi connectivity index (χ4v) is 3.32. The highest BCUT2D eigenvalue weighted by atomic mass is 16.1. The van der Waals surface area contributed by atoms with E-state index in [2.05, 4.69) is 17.3 Å². The summed E-state index contributed by atoms with van der Waals surface area (Å²) in [7, 11) is 2.17. The number of hydrogen-bond donors (Lipinski definition) is 2. The van der Waals surface area contributed by atoms with Crippen molar-refractivity contribution in [2.75, 3.05) is 33.2 Å². The van der Waals surface area contributed by atoms with Crippen LogP contribution in [0.25, 0.3) is 0 Å². The monoisotopic (exact) mass is 267 g/mol. The molecule has 1 saturated heterocycles. The summed E-state index contributed by atoms with van der Waals surface area (Å²) in [4.78, 5) is 14.5.